The van der Waals surface area contributed by atoms with Gasteiger partial charge in [0.25, 0.3) is 0 Å². The van der Waals surface area contributed by atoms with Gasteiger partial charge in [-0.25, -0.2) is 0 Å². The topological polar surface area (TPSA) is 33.1 Å². The lowest BCUT2D eigenvalue weighted by atomic mass is 9.98. The van der Waals surface area contributed by atoms with Gasteiger partial charge in [0.15, 0.2) is 0 Å². The highest BCUT2D eigenvalue weighted by Crippen LogP contribution is 2.28. The third-order valence-corrected chi connectivity index (χ3v) is 6.59. The number of aromatic nitrogens is 1. The number of benzene rings is 1. The van der Waals surface area contributed by atoms with Gasteiger partial charge in [0.05, 0.1) is 0 Å². The third kappa shape index (κ3) is 10.1. The molecular formula is C29H47NO. The minimum atomic E-state index is 0.313. The average Bonchev–Trinajstić information content (AvgIpc) is 2.79. The lowest BCUT2D eigenvalue weighted by molar-refractivity contribution is 0.480. The Morgan fingerprint density at radius 2 is 1.16 bits per heavy atom. The Morgan fingerprint density at radius 3 is 1.74 bits per heavy atom. The SMILES string of the molecule is CCCCCCCCCCc1cnc2c(O)ccc(CCCCCCCCCC)c2c1. The van der Waals surface area contributed by atoms with Crippen molar-refractivity contribution in [2.24, 2.45) is 0 Å². The van der Waals surface area contributed by atoms with E-state index >= 15 is 0 Å². The van der Waals surface area contributed by atoms with Crippen molar-refractivity contribution in [2.75, 3.05) is 0 Å². The highest BCUT2D eigenvalue weighted by atomic mass is 16.3. The molecule has 2 aromatic rings. The predicted molar refractivity (Wildman–Crippen MR) is 136 cm³/mol. The van der Waals surface area contributed by atoms with Crippen molar-refractivity contribution in [1.29, 1.82) is 0 Å². The Morgan fingerprint density at radius 1 is 0.645 bits per heavy atom. The largest absolute Gasteiger partial charge is 0.506 e. The molecule has 0 saturated carbocycles. The van der Waals surface area contributed by atoms with Gasteiger partial charge in [0, 0.05) is 11.6 Å². The number of phenolic OH excluding ortho intramolecular Hbond substituents is 1. The molecule has 0 amide bonds. The lowest BCUT2D eigenvalue weighted by Crippen LogP contribution is -1.94. The van der Waals surface area contributed by atoms with Crippen LogP contribution in [0, 0.1) is 0 Å². The van der Waals surface area contributed by atoms with Gasteiger partial charge in [-0.05, 0) is 48.9 Å². The number of pyridine rings is 1. The van der Waals surface area contributed by atoms with E-state index < -0.39 is 0 Å². The molecule has 0 atom stereocenters. The normalized spacial score (nSPS) is 11.4. The van der Waals surface area contributed by atoms with Crippen molar-refractivity contribution in [3.05, 3.63) is 35.5 Å². The van der Waals surface area contributed by atoms with E-state index in [1.165, 1.54) is 119 Å². The molecular weight excluding hydrogens is 378 g/mol. The Hall–Kier alpha value is -1.57. The molecule has 1 N–H and O–H groups in total. The molecule has 174 valence electrons. The number of hydrogen-bond donors (Lipinski definition) is 1. The molecule has 0 aliphatic rings. The highest BCUT2D eigenvalue weighted by Gasteiger charge is 2.08. The summed E-state index contributed by atoms with van der Waals surface area (Å²) in [4.78, 5) is 4.63. The molecule has 2 heteroatoms. The van der Waals surface area contributed by atoms with E-state index in [-0.39, 0.29) is 0 Å². The van der Waals surface area contributed by atoms with E-state index in [9.17, 15) is 5.11 Å². The van der Waals surface area contributed by atoms with Crippen LogP contribution in [0.15, 0.2) is 24.4 Å². The maximum Gasteiger partial charge on any atom is 0.141 e. The van der Waals surface area contributed by atoms with Crippen LogP contribution in [0.2, 0.25) is 0 Å². The minimum absolute atomic E-state index is 0.313. The third-order valence-electron chi connectivity index (χ3n) is 6.59. The monoisotopic (exact) mass is 425 g/mol. The van der Waals surface area contributed by atoms with Crippen molar-refractivity contribution >= 4 is 10.9 Å². The molecule has 0 spiro atoms. The number of unbranched alkanes of at least 4 members (excludes halogenated alkanes) is 14. The van der Waals surface area contributed by atoms with Gasteiger partial charge in [-0.15, -0.1) is 0 Å². The molecule has 0 aliphatic heterocycles. The molecule has 0 bridgehead atoms. The zero-order valence-electron chi connectivity index (χ0n) is 20.4. The lowest BCUT2D eigenvalue weighted by Gasteiger charge is -2.10. The van der Waals surface area contributed by atoms with E-state index in [1.54, 1.807) is 0 Å². The summed E-state index contributed by atoms with van der Waals surface area (Å²) in [5.74, 6) is 0.313. The summed E-state index contributed by atoms with van der Waals surface area (Å²) in [6.07, 6.45) is 25.7. The smallest absolute Gasteiger partial charge is 0.141 e. The number of hydrogen-bond acceptors (Lipinski definition) is 2. The van der Waals surface area contributed by atoms with Gasteiger partial charge < -0.3 is 5.11 Å². The summed E-state index contributed by atoms with van der Waals surface area (Å²) < 4.78 is 0. The van der Waals surface area contributed by atoms with Crippen molar-refractivity contribution in [1.82, 2.24) is 4.98 Å². The van der Waals surface area contributed by atoms with Gasteiger partial charge >= 0.3 is 0 Å². The quantitative estimate of drug-likeness (QED) is 0.241. The summed E-state index contributed by atoms with van der Waals surface area (Å²) in [5, 5.41) is 11.4. The van der Waals surface area contributed by atoms with E-state index in [1.807, 2.05) is 12.3 Å². The number of phenols is 1. The summed E-state index contributed by atoms with van der Waals surface area (Å²) in [5.41, 5.74) is 3.45. The van der Waals surface area contributed by atoms with Crippen LogP contribution in [0.5, 0.6) is 5.75 Å². The second kappa shape index (κ2) is 16.1. The van der Waals surface area contributed by atoms with Crippen molar-refractivity contribution < 1.29 is 5.11 Å². The maximum atomic E-state index is 10.3. The van der Waals surface area contributed by atoms with Gasteiger partial charge in [0.1, 0.15) is 11.3 Å². The maximum absolute atomic E-state index is 10.3. The second-order valence-electron chi connectivity index (χ2n) is 9.43. The second-order valence-corrected chi connectivity index (χ2v) is 9.43. The van der Waals surface area contributed by atoms with Crippen LogP contribution in [0.4, 0.5) is 0 Å². The Balaban J connectivity index is 1.79. The first-order valence-electron chi connectivity index (χ1n) is 13.4. The Kier molecular flexibility index (Phi) is 13.4. The van der Waals surface area contributed by atoms with E-state index in [0.717, 1.165) is 18.4 Å². The first-order chi connectivity index (χ1) is 15.3. The number of rotatable bonds is 18. The molecule has 1 heterocycles. The zero-order chi connectivity index (χ0) is 22.2. The van der Waals surface area contributed by atoms with Gasteiger partial charge in [-0.2, -0.15) is 0 Å². The zero-order valence-corrected chi connectivity index (χ0v) is 20.4. The fraction of sp³-hybridized carbons (Fsp3) is 0.690. The van der Waals surface area contributed by atoms with Crippen LogP contribution in [-0.2, 0) is 12.8 Å². The van der Waals surface area contributed by atoms with Crippen LogP contribution in [0.3, 0.4) is 0 Å². The molecule has 0 saturated heterocycles. The van der Waals surface area contributed by atoms with Crippen molar-refractivity contribution in [3.8, 4) is 5.75 Å². The van der Waals surface area contributed by atoms with Crippen LogP contribution in [-0.4, -0.2) is 10.1 Å². The number of nitrogens with zero attached hydrogens (tertiary/aromatic N) is 1. The molecule has 0 aliphatic carbocycles. The van der Waals surface area contributed by atoms with Gasteiger partial charge in [-0.1, -0.05) is 110 Å². The molecule has 0 fully saturated rings. The first kappa shape index (κ1) is 25.7. The highest BCUT2D eigenvalue weighted by molar-refractivity contribution is 5.87. The summed E-state index contributed by atoms with van der Waals surface area (Å²) in [7, 11) is 0. The fourth-order valence-corrected chi connectivity index (χ4v) is 4.57. The van der Waals surface area contributed by atoms with Crippen molar-refractivity contribution in [2.45, 2.75) is 129 Å². The number of fused-ring (bicyclic) bond motifs is 1. The molecule has 2 rings (SSSR count). The summed E-state index contributed by atoms with van der Waals surface area (Å²) >= 11 is 0. The minimum Gasteiger partial charge on any atom is -0.506 e. The van der Waals surface area contributed by atoms with Crippen LogP contribution < -0.4 is 0 Å². The number of aryl methyl sites for hydroxylation is 2. The van der Waals surface area contributed by atoms with E-state index in [2.05, 4.69) is 31.0 Å². The van der Waals surface area contributed by atoms with Crippen molar-refractivity contribution in [3.63, 3.8) is 0 Å². The molecule has 1 aromatic heterocycles. The molecule has 31 heavy (non-hydrogen) atoms. The van der Waals surface area contributed by atoms with Crippen LogP contribution in [0.25, 0.3) is 10.9 Å². The fourth-order valence-electron chi connectivity index (χ4n) is 4.57. The first-order valence-corrected chi connectivity index (χ1v) is 13.4. The van der Waals surface area contributed by atoms with Crippen LogP contribution in [0.1, 0.15) is 128 Å². The van der Waals surface area contributed by atoms with E-state index in [4.69, 9.17) is 0 Å². The van der Waals surface area contributed by atoms with Gasteiger partial charge in [-0.3, -0.25) is 4.98 Å². The summed E-state index contributed by atoms with van der Waals surface area (Å²) in [6.45, 7) is 4.55. The Bertz CT molecular complexity index is 724. The van der Waals surface area contributed by atoms with E-state index in [0.29, 0.717) is 5.75 Å². The molecule has 0 radical (unpaired) electrons. The van der Waals surface area contributed by atoms with Gasteiger partial charge in [0.2, 0.25) is 0 Å². The van der Waals surface area contributed by atoms with Crippen LogP contribution >= 0.6 is 0 Å². The average molecular weight is 426 g/mol. The molecule has 0 unspecified atom stereocenters. The molecule has 2 nitrogen and oxygen atoms in total. The standard InChI is InChI=1S/C29H47NO/c1-3-5-7-9-11-13-15-17-19-25-23-27-26(21-22-28(31)29(27)30-24-25)20-18-16-14-12-10-8-6-4-2/h21-24,31H,3-20H2,1-2H3. The Labute approximate surface area is 191 Å². The number of aromatic hydroxyl groups is 1. The molecule has 1 aromatic carbocycles. The predicted octanol–water partition coefficient (Wildman–Crippen LogP) is 9.31. The summed E-state index contributed by atoms with van der Waals surface area (Å²) in [6, 6.07) is 6.23.